The van der Waals surface area contributed by atoms with Gasteiger partial charge in [0.25, 0.3) is 0 Å². The van der Waals surface area contributed by atoms with Crippen molar-refractivity contribution in [3.63, 3.8) is 0 Å². The van der Waals surface area contributed by atoms with Crippen LogP contribution in [0.5, 0.6) is 0 Å². The minimum atomic E-state index is -2.67. The van der Waals surface area contributed by atoms with Gasteiger partial charge in [0.2, 0.25) is 0 Å². The molecule has 0 radical (unpaired) electrons. The van der Waals surface area contributed by atoms with Crippen LogP contribution in [-0.4, -0.2) is 24.5 Å². The Morgan fingerprint density at radius 3 is 0.479 bits per heavy atom. The fourth-order valence-electron chi connectivity index (χ4n) is 20.1. The summed E-state index contributed by atoms with van der Waals surface area (Å²) >= 11 is 0. The van der Waals surface area contributed by atoms with Crippen LogP contribution in [0, 0.1) is 208 Å². The molecule has 12 heteroatoms. The van der Waals surface area contributed by atoms with Crippen molar-refractivity contribution < 1.29 is 49.2 Å². The fourth-order valence-corrected chi connectivity index (χ4v) is 34.4. The first-order valence-electron chi connectivity index (χ1n) is 49.9. The summed E-state index contributed by atoms with van der Waals surface area (Å²) < 4.78 is 11.9. The fraction of sp³-hybridized carbons (Fsp3) is 0.273. The smallest absolute Gasteiger partial charge is 0.852 e. The molecule has 16 aromatic rings. The van der Waals surface area contributed by atoms with Gasteiger partial charge in [-0.2, -0.15) is 0 Å². The van der Waals surface area contributed by atoms with E-state index >= 15 is 0 Å². The van der Waals surface area contributed by atoms with Crippen molar-refractivity contribution in [3.8, 4) is 0 Å². The topological polar surface area (TPSA) is 99.0 Å². The standard InChI is InChI=1S/2C45H54N2OP2.6C7H8.2Zn/c2*1-27-18-31(5)42(32(6)19-27)49(43-33(7)20-28(2)21-34(43)8)46-40-16-14-15-17-41(40)47-50(26-39(13)48,44-35(9)22-29(3)23-36(44)10)45-37(11)24-30(4)25-38(45)12;6*1-7-5-3-2-4-6-7;;/h2*14-25,39H,26H2,1-13H3;6*2-6H,1H3;;/q2*-2;;;;;;;2*+2/t2*39-;;;;;;;;/m10......../s1. The van der Waals surface area contributed by atoms with Gasteiger partial charge in [-0.1, -0.05) is 407 Å². The van der Waals surface area contributed by atoms with Crippen LogP contribution in [0.25, 0.3) is 10.2 Å². The van der Waals surface area contributed by atoms with E-state index in [2.05, 4.69) is 426 Å². The third-order valence-corrected chi connectivity index (χ3v) is 39.2. The normalized spacial score (nSPS) is 11.1. The second-order valence-corrected chi connectivity index (χ2v) is 48.9. The average Bonchev–Trinajstić information content (AvgIpc) is 0.732. The molecule has 0 spiro atoms. The number of benzene rings is 16. The van der Waals surface area contributed by atoms with E-state index in [4.69, 9.17) is 19.7 Å². The molecule has 0 aliphatic rings. The zero-order valence-electron chi connectivity index (χ0n) is 92.6. The van der Waals surface area contributed by atoms with Crippen molar-refractivity contribution in [2.24, 2.45) is 9.49 Å². The van der Waals surface area contributed by atoms with Gasteiger partial charge in [-0.25, -0.2) is 0 Å². The van der Waals surface area contributed by atoms with Crippen LogP contribution < -0.4 is 52.6 Å². The second kappa shape index (κ2) is 57.6. The minimum Gasteiger partial charge on any atom is -0.852 e. The Labute approximate surface area is 897 Å². The number of nitrogens with zero attached hydrogens (tertiary/aromatic N) is 4. The third-order valence-electron chi connectivity index (χ3n) is 24.8. The van der Waals surface area contributed by atoms with Crippen LogP contribution >= 0.6 is 30.3 Å². The summed E-state index contributed by atoms with van der Waals surface area (Å²) in [6.45, 7) is 68.9. The largest absolute Gasteiger partial charge is 2.00 e. The molecule has 0 saturated heterocycles. The third kappa shape index (κ3) is 34.4. The van der Waals surface area contributed by atoms with Crippen LogP contribution in [0.2, 0.25) is 0 Å². The number of hydrogen-bond acceptors (Lipinski definition) is 4. The summed E-state index contributed by atoms with van der Waals surface area (Å²) in [5, 5.41) is 49.0. The Kier molecular flexibility index (Phi) is 48.3. The molecule has 0 heterocycles. The van der Waals surface area contributed by atoms with Crippen LogP contribution in [0.15, 0.2) is 337 Å². The molecule has 16 aromatic carbocycles. The van der Waals surface area contributed by atoms with Gasteiger partial charge in [-0.05, 0) is 342 Å². The van der Waals surface area contributed by atoms with E-state index in [0.29, 0.717) is 12.3 Å². The molecule has 0 aromatic heterocycles. The summed E-state index contributed by atoms with van der Waals surface area (Å²) in [6.07, 6.45) is -0.718. The molecule has 0 bridgehead atoms. The van der Waals surface area contributed by atoms with Crippen LogP contribution in [0.3, 0.4) is 0 Å². The van der Waals surface area contributed by atoms with Gasteiger partial charge in [0, 0.05) is 46.7 Å². The maximum absolute atomic E-state index is 13.6. The van der Waals surface area contributed by atoms with Gasteiger partial charge in [0.15, 0.2) is 0 Å². The quantitative estimate of drug-likeness (QED) is 0.0631. The molecule has 144 heavy (non-hydrogen) atoms. The van der Waals surface area contributed by atoms with Crippen molar-refractivity contribution in [2.75, 3.05) is 12.3 Å². The maximum atomic E-state index is 13.6. The second-order valence-electron chi connectivity index (χ2n) is 39.4. The first-order chi connectivity index (χ1) is 67.4. The van der Waals surface area contributed by atoms with Crippen LogP contribution in [-0.2, 0) is 39.0 Å². The Morgan fingerprint density at radius 2 is 0.340 bits per heavy atom. The van der Waals surface area contributed by atoms with Gasteiger partial charge in [0.05, 0.1) is 0 Å². The molecule has 0 fully saturated rings. The van der Waals surface area contributed by atoms with Crippen molar-refractivity contribution in [1.82, 2.24) is 0 Å². The summed E-state index contributed by atoms with van der Waals surface area (Å²) in [4.78, 5) is 0. The van der Waals surface area contributed by atoms with E-state index in [1.165, 1.54) is 209 Å². The first-order valence-corrected chi connectivity index (χ1v) is 56.4. The van der Waals surface area contributed by atoms with Crippen molar-refractivity contribution in [3.05, 3.63) is 505 Å². The molecule has 0 saturated carbocycles. The minimum absolute atomic E-state index is 0. The average molecular weight is 2090 g/mol. The van der Waals surface area contributed by atoms with Gasteiger partial charge in [0.1, 0.15) is 0 Å². The zero-order chi connectivity index (χ0) is 104. The summed E-state index contributed by atoms with van der Waals surface area (Å²) in [6, 6.07) is 115. The zero-order valence-corrected chi connectivity index (χ0v) is 102. The number of hydrogen-bond donors (Lipinski definition) is 0. The summed E-state index contributed by atoms with van der Waals surface area (Å²) in [5.74, 6) is 0. The molecule has 16 rings (SSSR count). The molecule has 2 atom stereocenters. The molecule has 0 aliphatic heterocycles. The van der Waals surface area contributed by atoms with E-state index in [1.54, 1.807) is 0 Å². The van der Waals surface area contributed by atoms with E-state index in [-0.39, 0.29) is 39.0 Å². The van der Waals surface area contributed by atoms with E-state index in [0.717, 1.165) is 22.7 Å². The van der Waals surface area contributed by atoms with Crippen LogP contribution in [0.1, 0.15) is 181 Å². The Bertz CT molecular complexity index is 5960. The molecule has 0 aliphatic carbocycles. The van der Waals surface area contributed by atoms with Crippen molar-refractivity contribution in [2.45, 2.75) is 234 Å². The van der Waals surface area contributed by atoms with Gasteiger partial charge in [-0.15, -0.1) is 39.7 Å². The van der Waals surface area contributed by atoms with Gasteiger partial charge >= 0.3 is 39.0 Å². The van der Waals surface area contributed by atoms with Crippen molar-refractivity contribution >= 4 is 95.4 Å². The molecule has 0 unspecified atom stereocenters. The van der Waals surface area contributed by atoms with Gasteiger partial charge in [-0.3, -0.25) is 9.49 Å². The SMILES string of the molecule is Cc1cc(C)c(P([N-]c2ccccc2N=P(C[C@@H](C)[O-])(c2c(C)cc(C)cc2C)c2c(C)cc(C)cc2C)c2c(C)cc(C)cc2C)c(C)c1.Cc1cc(C)c(P([N-]c2ccccc2N=P(C[C@H](C)[O-])(c2c(C)cc(C)cc2C)c2c(C)cc(C)cc2C)c2c(C)cc(C)cc2C)c(C)c1.Cc1ccccc1.Cc1ccccc1.Cc1ccccc1.Cc1ccccc1.Cc1ccccc1.Cc1ccccc1.[Zn+2].[Zn+2]. The number of rotatable bonds is 18. The molecule has 740 valence electrons. The van der Waals surface area contributed by atoms with Crippen LogP contribution in [0.4, 0.5) is 22.7 Å². The number of aryl methyl sites for hydroxylation is 30. The maximum Gasteiger partial charge on any atom is 2.00 e. The summed E-state index contributed by atoms with van der Waals surface area (Å²) in [5.41, 5.74) is 41.1. The van der Waals surface area contributed by atoms with E-state index in [9.17, 15) is 10.2 Å². The van der Waals surface area contributed by atoms with Crippen molar-refractivity contribution in [1.29, 1.82) is 0 Å². The Hall–Kier alpha value is -10.4. The molecule has 0 N–H and O–H groups in total. The predicted octanol–water partition coefficient (Wildman–Crippen LogP) is 33.3. The Morgan fingerprint density at radius 1 is 0.201 bits per heavy atom. The molecule has 0 amide bonds. The molecular weight excluding hydrogens is 1930 g/mol. The van der Waals surface area contributed by atoms with E-state index in [1.807, 2.05) is 123 Å². The monoisotopic (exact) mass is 2080 g/mol. The molecular formula is C132H156N4O2P4Zn2. The Balaban J connectivity index is 0.000000273. The first kappa shape index (κ1) is 121. The van der Waals surface area contributed by atoms with E-state index < -0.39 is 42.5 Å². The van der Waals surface area contributed by atoms with Gasteiger partial charge < -0.3 is 20.4 Å². The molecule has 6 nitrogen and oxygen atoms in total. The summed E-state index contributed by atoms with van der Waals surface area (Å²) in [7, 11) is -7.62. The predicted molar refractivity (Wildman–Crippen MR) is 629 cm³/mol.